The Morgan fingerprint density at radius 3 is 2.61 bits per heavy atom. The van der Waals surface area contributed by atoms with Crippen molar-refractivity contribution in [1.82, 2.24) is 25.4 Å². The first kappa shape index (κ1) is 23.2. The fourth-order valence-corrected chi connectivity index (χ4v) is 4.15. The van der Waals surface area contributed by atoms with E-state index in [0.29, 0.717) is 17.6 Å². The van der Waals surface area contributed by atoms with Crippen molar-refractivity contribution in [3.8, 4) is 0 Å². The van der Waals surface area contributed by atoms with Crippen LogP contribution in [0.5, 0.6) is 0 Å². The lowest BCUT2D eigenvalue weighted by Crippen LogP contribution is -2.49. The lowest BCUT2D eigenvalue weighted by Gasteiger charge is -2.31. The first-order valence-electron chi connectivity index (χ1n) is 10.6. The summed E-state index contributed by atoms with van der Waals surface area (Å²) in [6.45, 7) is 11.9. The van der Waals surface area contributed by atoms with Crippen molar-refractivity contribution in [2.45, 2.75) is 70.0 Å². The third-order valence-corrected chi connectivity index (χ3v) is 6.11. The molecule has 170 valence electrons. The van der Waals surface area contributed by atoms with Crippen molar-refractivity contribution < 1.29 is 14.0 Å². The first-order valence-corrected chi connectivity index (χ1v) is 11.5. The Bertz CT molecular complexity index is 882. The van der Waals surface area contributed by atoms with Crippen LogP contribution in [0.3, 0.4) is 0 Å². The number of nitrogens with zero attached hydrogens (tertiary/aromatic N) is 4. The molecule has 1 aliphatic heterocycles. The monoisotopic (exact) mass is 448 g/mol. The SMILES string of the molecule is CC1CCN(c2nnc(SC(C)C(=O)NC(=O)NC(C)(C)C)n2Cc2ccco2)CC1. The number of carbonyl (C=O) groups excluding carboxylic acids is 2. The minimum Gasteiger partial charge on any atom is -0.467 e. The van der Waals surface area contributed by atoms with Crippen molar-refractivity contribution in [3.05, 3.63) is 24.2 Å². The van der Waals surface area contributed by atoms with Gasteiger partial charge in [-0.05, 0) is 58.6 Å². The number of urea groups is 1. The molecule has 10 heteroatoms. The number of anilines is 1. The Morgan fingerprint density at radius 1 is 1.29 bits per heavy atom. The van der Waals surface area contributed by atoms with Crippen molar-refractivity contribution in [1.29, 1.82) is 0 Å². The Balaban J connectivity index is 1.73. The van der Waals surface area contributed by atoms with Crippen molar-refractivity contribution in [3.63, 3.8) is 0 Å². The van der Waals surface area contributed by atoms with Crippen molar-refractivity contribution in [2.24, 2.45) is 5.92 Å². The summed E-state index contributed by atoms with van der Waals surface area (Å²) in [5.74, 6) is 1.89. The molecule has 2 N–H and O–H groups in total. The molecule has 1 atom stereocenters. The van der Waals surface area contributed by atoms with Crippen LogP contribution in [0.1, 0.15) is 53.2 Å². The molecule has 0 aromatic carbocycles. The summed E-state index contributed by atoms with van der Waals surface area (Å²) in [6, 6.07) is 3.24. The number of piperidine rings is 1. The molecule has 1 saturated heterocycles. The second-order valence-corrected chi connectivity index (χ2v) is 10.4. The van der Waals surface area contributed by atoms with Gasteiger partial charge in [0.25, 0.3) is 0 Å². The van der Waals surface area contributed by atoms with Crippen molar-refractivity contribution in [2.75, 3.05) is 18.0 Å². The number of imide groups is 1. The Morgan fingerprint density at radius 2 is 2.00 bits per heavy atom. The molecular weight excluding hydrogens is 416 g/mol. The van der Waals surface area contributed by atoms with E-state index in [1.54, 1.807) is 13.2 Å². The minimum absolute atomic E-state index is 0.382. The van der Waals surface area contributed by atoms with Crippen molar-refractivity contribution >= 4 is 29.6 Å². The van der Waals surface area contributed by atoms with Gasteiger partial charge in [-0.15, -0.1) is 10.2 Å². The highest BCUT2D eigenvalue weighted by atomic mass is 32.2. The second-order valence-electron chi connectivity index (χ2n) is 9.07. The lowest BCUT2D eigenvalue weighted by molar-refractivity contribution is -0.119. The average molecular weight is 449 g/mol. The number of thioether (sulfide) groups is 1. The Hall–Kier alpha value is -2.49. The molecule has 2 aromatic rings. The highest BCUT2D eigenvalue weighted by molar-refractivity contribution is 8.00. The molecule has 3 rings (SSSR count). The zero-order valence-corrected chi connectivity index (χ0v) is 19.7. The molecule has 2 aromatic heterocycles. The standard InChI is InChI=1S/C21H32N6O3S/c1-14-8-10-26(11-9-14)19-24-25-20(27(19)13-16-7-6-12-30-16)31-15(2)17(28)22-18(29)23-21(3,4)5/h6-7,12,14-15H,8-11,13H2,1-5H3,(H2,22,23,28,29). The van der Waals surface area contributed by atoms with Crippen LogP contribution in [0.2, 0.25) is 0 Å². The van der Waals surface area contributed by atoms with Gasteiger partial charge in [0.1, 0.15) is 5.76 Å². The molecule has 1 unspecified atom stereocenters. The first-order chi connectivity index (χ1) is 14.6. The smallest absolute Gasteiger partial charge is 0.321 e. The van der Waals surface area contributed by atoms with Gasteiger partial charge in [0.05, 0.1) is 18.1 Å². The van der Waals surface area contributed by atoms with Gasteiger partial charge in [-0.25, -0.2) is 4.79 Å². The predicted molar refractivity (Wildman–Crippen MR) is 120 cm³/mol. The van der Waals surface area contributed by atoms with E-state index in [-0.39, 0.29) is 5.91 Å². The zero-order chi connectivity index (χ0) is 22.6. The van der Waals surface area contributed by atoms with Gasteiger partial charge in [0, 0.05) is 18.6 Å². The lowest BCUT2D eigenvalue weighted by atomic mass is 10.00. The summed E-state index contributed by atoms with van der Waals surface area (Å²) in [6.07, 6.45) is 3.86. The van der Waals surface area contributed by atoms with E-state index < -0.39 is 16.8 Å². The maximum atomic E-state index is 12.5. The fourth-order valence-electron chi connectivity index (χ4n) is 3.30. The molecule has 0 aliphatic carbocycles. The average Bonchev–Trinajstić information content (AvgIpc) is 3.32. The van der Waals surface area contributed by atoms with E-state index in [9.17, 15) is 9.59 Å². The van der Waals surface area contributed by atoms with Crippen LogP contribution in [-0.2, 0) is 11.3 Å². The molecule has 0 saturated carbocycles. The molecule has 0 spiro atoms. The fraction of sp³-hybridized carbons (Fsp3) is 0.619. The second kappa shape index (κ2) is 9.76. The third-order valence-electron chi connectivity index (χ3n) is 5.03. The molecule has 3 heterocycles. The normalized spacial score (nSPS) is 16.2. The number of rotatable bonds is 6. The number of aromatic nitrogens is 3. The van der Waals surface area contributed by atoms with Crippen LogP contribution in [0, 0.1) is 5.92 Å². The molecule has 0 radical (unpaired) electrons. The van der Waals surface area contributed by atoms with Gasteiger partial charge in [0.2, 0.25) is 11.9 Å². The van der Waals surface area contributed by atoms with Gasteiger partial charge in [-0.1, -0.05) is 18.7 Å². The number of hydrogen-bond donors (Lipinski definition) is 2. The van der Waals surface area contributed by atoms with Crippen LogP contribution in [0.25, 0.3) is 0 Å². The van der Waals surface area contributed by atoms with E-state index in [1.165, 1.54) is 11.8 Å². The third kappa shape index (κ3) is 6.49. The summed E-state index contributed by atoms with van der Waals surface area (Å²) in [5.41, 5.74) is -0.426. The summed E-state index contributed by atoms with van der Waals surface area (Å²) < 4.78 is 7.52. The zero-order valence-electron chi connectivity index (χ0n) is 18.8. The molecule has 3 amide bonds. The Kier molecular flexibility index (Phi) is 7.30. The molecule has 9 nitrogen and oxygen atoms in total. The predicted octanol–water partition coefficient (Wildman–Crippen LogP) is 3.26. The van der Waals surface area contributed by atoms with E-state index in [2.05, 4.69) is 32.7 Å². The number of amides is 3. The number of nitrogens with one attached hydrogen (secondary N) is 2. The van der Waals surface area contributed by atoms with E-state index in [1.807, 2.05) is 37.5 Å². The van der Waals surface area contributed by atoms with Gasteiger partial charge < -0.3 is 14.6 Å². The van der Waals surface area contributed by atoms with Gasteiger partial charge >= 0.3 is 6.03 Å². The van der Waals surface area contributed by atoms with E-state index in [4.69, 9.17) is 4.42 Å². The maximum absolute atomic E-state index is 12.5. The van der Waals surface area contributed by atoms with Gasteiger partial charge in [-0.2, -0.15) is 0 Å². The molecule has 1 aliphatic rings. The largest absolute Gasteiger partial charge is 0.467 e. The summed E-state index contributed by atoms with van der Waals surface area (Å²) in [7, 11) is 0. The molecular formula is C21H32N6O3S. The molecule has 1 fully saturated rings. The van der Waals surface area contributed by atoms with E-state index in [0.717, 1.165) is 37.6 Å². The molecule has 31 heavy (non-hydrogen) atoms. The minimum atomic E-state index is -0.528. The van der Waals surface area contributed by atoms with Crippen LogP contribution in [0.15, 0.2) is 28.0 Å². The topological polar surface area (TPSA) is 105 Å². The highest BCUT2D eigenvalue weighted by Gasteiger charge is 2.26. The van der Waals surface area contributed by atoms with Gasteiger partial charge in [0.15, 0.2) is 5.16 Å². The van der Waals surface area contributed by atoms with Crippen LogP contribution < -0.4 is 15.5 Å². The maximum Gasteiger partial charge on any atom is 0.321 e. The number of carbonyl (C=O) groups is 2. The summed E-state index contributed by atoms with van der Waals surface area (Å²) >= 11 is 1.27. The molecule has 0 bridgehead atoms. The van der Waals surface area contributed by atoms with Crippen LogP contribution in [-0.4, -0.2) is 50.6 Å². The van der Waals surface area contributed by atoms with Gasteiger partial charge in [-0.3, -0.25) is 14.7 Å². The Labute approximate surface area is 187 Å². The van der Waals surface area contributed by atoms with E-state index >= 15 is 0 Å². The quantitative estimate of drug-likeness (QED) is 0.654. The number of hydrogen-bond acceptors (Lipinski definition) is 7. The van der Waals surface area contributed by atoms with Crippen LogP contribution >= 0.6 is 11.8 Å². The number of furan rings is 1. The highest BCUT2D eigenvalue weighted by Crippen LogP contribution is 2.29. The summed E-state index contributed by atoms with van der Waals surface area (Å²) in [5, 5.41) is 14.0. The van der Waals surface area contributed by atoms with Crippen LogP contribution in [0.4, 0.5) is 10.7 Å². The summed E-state index contributed by atoms with van der Waals surface area (Å²) in [4.78, 5) is 26.8.